The maximum absolute atomic E-state index is 11.5. The summed E-state index contributed by atoms with van der Waals surface area (Å²) in [4.78, 5) is 20.5. The third-order valence-corrected chi connectivity index (χ3v) is 3.96. The van der Waals surface area contributed by atoms with Gasteiger partial charge in [-0.25, -0.2) is 4.98 Å². The Balaban J connectivity index is 2.30. The maximum Gasteiger partial charge on any atom is 0.267 e. The van der Waals surface area contributed by atoms with Gasteiger partial charge in [0, 0.05) is 17.9 Å². The van der Waals surface area contributed by atoms with Crippen LogP contribution in [-0.2, 0) is 0 Å². The summed E-state index contributed by atoms with van der Waals surface area (Å²) in [5.74, 6) is 0.757. The Bertz CT molecular complexity index is 417. The number of alkyl halides is 1. The summed E-state index contributed by atoms with van der Waals surface area (Å²) in [6.45, 7) is 0.875. The fourth-order valence-electron chi connectivity index (χ4n) is 1.82. The van der Waals surface area contributed by atoms with Gasteiger partial charge in [0.1, 0.15) is 4.47 Å². The van der Waals surface area contributed by atoms with Crippen LogP contribution in [-0.4, -0.2) is 27.9 Å². The molecule has 0 spiro atoms. The highest BCUT2D eigenvalue weighted by atomic mass is 79.9. The van der Waals surface area contributed by atoms with E-state index in [2.05, 4.69) is 46.7 Å². The molecule has 0 unspecified atom stereocenters. The second-order valence-corrected chi connectivity index (χ2v) is 5.42. The number of hydrogen-bond donors (Lipinski definition) is 1. The van der Waals surface area contributed by atoms with E-state index in [0.717, 1.165) is 17.7 Å². The smallest absolute Gasteiger partial charge is 0.267 e. The van der Waals surface area contributed by atoms with Crippen molar-refractivity contribution in [3.63, 3.8) is 0 Å². The highest BCUT2D eigenvalue weighted by Gasteiger charge is 2.27. The van der Waals surface area contributed by atoms with Gasteiger partial charge in [-0.05, 0) is 35.2 Å². The predicted octanol–water partition coefficient (Wildman–Crippen LogP) is 2.29. The molecule has 0 bridgehead atoms. The molecule has 6 heteroatoms. The Hall–Kier alpha value is -0.360. The molecule has 0 saturated heterocycles. The normalized spacial score (nSPS) is 15.9. The lowest BCUT2D eigenvalue weighted by molar-refractivity contribution is 0.388. The van der Waals surface area contributed by atoms with Crippen LogP contribution in [0.4, 0.5) is 5.82 Å². The lowest BCUT2D eigenvalue weighted by Gasteiger charge is -2.38. The van der Waals surface area contributed by atoms with Crippen molar-refractivity contribution in [1.82, 2.24) is 9.97 Å². The first-order valence-electron chi connectivity index (χ1n) is 5.30. The van der Waals surface area contributed by atoms with Gasteiger partial charge in [-0.3, -0.25) is 4.79 Å². The molecule has 1 saturated carbocycles. The molecule has 2 rings (SSSR count). The molecule has 0 atom stereocenters. The number of aromatic amines is 1. The van der Waals surface area contributed by atoms with Crippen LogP contribution in [0.2, 0.25) is 0 Å². The molecular formula is C10H13Br2N3O. The van der Waals surface area contributed by atoms with Crippen molar-refractivity contribution in [2.75, 3.05) is 16.8 Å². The number of halogens is 2. The summed E-state index contributed by atoms with van der Waals surface area (Å²) in [6.07, 6.45) is 5.11. The fraction of sp³-hybridized carbons (Fsp3) is 0.600. The minimum Gasteiger partial charge on any atom is -0.352 e. The van der Waals surface area contributed by atoms with Crippen LogP contribution in [0.25, 0.3) is 0 Å². The first kappa shape index (κ1) is 12.1. The second kappa shape index (κ2) is 5.31. The van der Waals surface area contributed by atoms with E-state index < -0.39 is 0 Å². The summed E-state index contributed by atoms with van der Waals surface area (Å²) < 4.78 is 0.530. The summed E-state index contributed by atoms with van der Waals surface area (Å²) in [6, 6.07) is 0.531. The molecule has 1 aliphatic carbocycles. The van der Waals surface area contributed by atoms with Gasteiger partial charge < -0.3 is 9.88 Å². The van der Waals surface area contributed by atoms with Crippen LogP contribution in [0.1, 0.15) is 19.3 Å². The first-order valence-corrected chi connectivity index (χ1v) is 7.21. The molecule has 0 aromatic carbocycles. The van der Waals surface area contributed by atoms with Gasteiger partial charge in [0.25, 0.3) is 5.56 Å². The second-order valence-electron chi connectivity index (χ2n) is 3.84. The van der Waals surface area contributed by atoms with E-state index in [-0.39, 0.29) is 5.56 Å². The van der Waals surface area contributed by atoms with Crippen LogP contribution in [0, 0.1) is 0 Å². The van der Waals surface area contributed by atoms with Crippen molar-refractivity contribution in [1.29, 1.82) is 0 Å². The van der Waals surface area contributed by atoms with E-state index in [1.165, 1.54) is 25.6 Å². The Morgan fingerprint density at radius 1 is 1.56 bits per heavy atom. The monoisotopic (exact) mass is 349 g/mol. The minimum atomic E-state index is -0.121. The van der Waals surface area contributed by atoms with E-state index in [1.54, 1.807) is 0 Å². The maximum atomic E-state index is 11.5. The summed E-state index contributed by atoms with van der Waals surface area (Å²) in [7, 11) is 0. The zero-order chi connectivity index (χ0) is 11.5. The van der Waals surface area contributed by atoms with Gasteiger partial charge in [0.15, 0.2) is 5.82 Å². The van der Waals surface area contributed by atoms with Crippen LogP contribution >= 0.6 is 31.9 Å². The van der Waals surface area contributed by atoms with Crippen molar-refractivity contribution < 1.29 is 0 Å². The molecule has 0 aliphatic heterocycles. The standard InChI is InChI=1S/C10H13Br2N3O/c11-4-5-15(7-2-1-3-7)9-8(12)10(16)14-6-13-9/h6-7H,1-5H2,(H,13,14,16). The van der Waals surface area contributed by atoms with Gasteiger partial charge in [0.05, 0.1) is 6.33 Å². The number of H-pyrrole nitrogens is 1. The molecule has 0 amide bonds. The molecular weight excluding hydrogens is 338 g/mol. The highest BCUT2D eigenvalue weighted by Crippen LogP contribution is 2.30. The lowest BCUT2D eigenvalue weighted by Crippen LogP contribution is -2.42. The Kier molecular flexibility index (Phi) is 4.02. The number of aromatic nitrogens is 2. The third-order valence-electron chi connectivity index (χ3n) is 2.89. The molecule has 1 N–H and O–H groups in total. The van der Waals surface area contributed by atoms with E-state index in [9.17, 15) is 4.79 Å². The zero-order valence-electron chi connectivity index (χ0n) is 8.75. The van der Waals surface area contributed by atoms with Crippen molar-refractivity contribution >= 4 is 37.7 Å². The van der Waals surface area contributed by atoms with Gasteiger partial charge in [-0.15, -0.1) is 0 Å². The van der Waals surface area contributed by atoms with Crippen molar-refractivity contribution in [3.8, 4) is 0 Å². The molecule has 1 heterocycles. The van der Waals surface area contributed by atoms with Crippen LogP contribution in [0.15, 0.2) is 15.6 Å². The molecule has 0 radical (unpaired) electrons. The van der Waals surface area contributed by atoms with E-state index in [1.807, 2.05) is 0 Å². The average molecular weight is 351 g/mol. The van der Waals surface area contributed by atoms with E-state index >= 15 is 0 Å². The van der Waals surface area contributed by atoms with Crippen LogP contribution < -0.4 is 10.5 Å². The van der Waals surface area contributed by atoms with E-state index in [4.69, 9.17) is 0 Å². The predicted molar refractivity (Wildman–Crippen MR) is 71.3 cm³/mol. The van der Waals surface area contributed by atoms with Gasteiger partial charge in [-0.1, -0.05) is 15.9 Å². The number of nitrogens with zero attached hydrogens (tertiary/aromatic N) is 2. The topological polar surface area (TPSA) is 49.0 Å². The number of nitrogens with one attached hydrogen (secondary N) is 1. The average Bonchev–Trinajstić information content (AvgIpc) is 2.19. The SMILES string of the molecule is O=c1[nH]cnc(N(CCBr)C2CCC2)c1Br. The zero-order valence-corrected chi connectivity index (χ0v) is 11.9. The Labute approximate surface area is 111 Å². The molecule has 16 heavy (non-hydrogen) atoms. The van der Waals surface area contributed by atoms with Crippen LogP contribution in [0.3, 0.4) is 0 Å². The van der Waals surface area contributed by atoms with Crippen LogP contribution in [0.5, 0.6) is 0 Å². The number of anilines is 1. The Morgan fingerprint density at radius 2 is 2.31 bits per heavy atom. The van der Waals surface area contributed by atoms with Gasteiger partial charge in [0.2, 0.25) is 0 Å². The summed E-state index contributed by atoms with van der Waals surface area (Å²) in [5.41, 5.74) is -0.121. The van der Waals surface area contributed by atoms with Gasteiger partial charge >= 0.3 is 0 Å². The van der Waals surface area contributed by atoms with E-state index in [0.29, 0.717) is 10.5 Å². The molecule has 1 aromatic rings. The molecule has 1 fully saturated rings. The summed E-state index contributed by atoms with van der Waals surface area (Å²) >= 11 is 6.75. The van der Waals surface area contributed by atoms with Crippen molar-refractivity contribution in [2.45, 2.75) is 25.3 Å². The number of hydrogen-bond acceptors (Lipinski definition) is 3. The Morgan fingerprint density at radius 3 is 2.88 bits per heavy atom. The minimum absolute atomic E-state index is 0.121. The quantitative estimate of drug-likeness (QED) is 0.847. The summed E-state index contributed by atoms with van der Waals surface area (Å²) in [5, 5.41) is 0.879. The molecule has 1 aromatic heterocycles. The third kappa shape index (κ3) is 2.32. The molecule has 4 nitrogen and oxygen atoms in total. The van der Waals surface area contributed by atoms with Crippen molar-refractivity contribution in [2.24, 2.45) is 0 Å². The first-order chi connectivity index (χ1) is 7.74. The number of rotatable bonds is 4. The van der Waals surface area contributed by atoms with Crippen molar-refractivity contribution in [3.05, 3.63) is 21.2 Å². The highest BCUT2D eigenvalue weighted by molar-refractivity contribution is 9.10. The van der Waals surface area contributed by atoms with Gasteiger partial charge in [-0.2, -0.15) is 0 Å². The molecule has 88 valence electrons. The fourth-order valence-corrected chi connectivity index (χ4v) is 2.65. The molecule has 1 aliphatic rings. The lowest BCUT2D eigenvalue weighted by atomic mass is 9.91. The largest absolute Gasteiger partial charge is 0.352 e.